The van der Waals surface area contributed by atoms with Crippen LogP contribution in [0.3, 0.4) is 0 Å². The lowest BCUT2D eigenvalue weighted by molar-refractivity contribution is 0.566. The van der Waals surface area contributed by atoms with E-state index in [1.54, 1.807) is 12.3 Å². The monoisotopic (exact) mass is 185 g/mol. The van der Waals surface area contributed by atoms with Crippen LogP contribution >= 0.6 is 0 Å². The van der Waals surface area contributed by atoms with Gasteiger partial charge in [0, 0.05) is 5.56 Å². The summed E-state index contributed by atoms with van der Waals surface area (Å²) in [6, 6.07) is 8.18. The second-order valence-corrected chi connectivity index (χ2v) is 3.38. The van der Waals surface area contributed by atoms with Crippen molar-refractivity contribution >= 4 is 0 Å². The first-order valence-corrected chi connectivity index (χ1v) is 4.90. The maximum absolute atomic E-state index is 5.37. The molecule has 0 saturated heterocycles. The van der Waals surface area contributed by atoms with Gasteiger partial charge in [-0.25, -0.2) is 0 Å². The highest BCUT2D eigenvalue weighted by Crippen LogP contribution is 2.28. The normalized spacial score (nSPS) is 10.6. The van der Waals surface area contributed by atoms with Gasteiger partial charge >= 0.3 is 0 Å². The Bertz CT molecular complexity index is 386. The molecule has 1 radical (unpaired) electrons. The molecule has 0 spiro atoms. The van der Waals surface area contributed by atoms with E-state index in [1.165, 1.54) is 11.1 Å². The molecule has 1 aliphatic heterocycles. The molecule has 14 heavy (non-hydrogen) atoms. The highest BCUT2D eigenvalue weighted by molar-refractivity contribution is 5.65. The molecular weight excluding hydrogens is 172 g/mol. The van der Waals surface area contributed by atoms with Gasteiger partial charge in [0.1, 0.15) is 5.76 Å². The number of allylic oxidation sites excluding steroid dienone is 1. The Morgan fingerprint density at radius 1 is 1.29 bits per heavy atom. The van der Waals surface area contributed by atoms with Gasteiger partial charge in [-0.05, 0) is 43.0 Å². The maximum Gasteiger partial charge on any atom is 0.134 e. The van der Waals surface area contributed by atoms with Gasteiger partial charge in [-0.2, -0.15) is 0 Å². The van der Waals surface area contributed by atoms with E-state index < -0.39 is 0 Å². The molecule has 0 aromatic rings. The van der Waals surface area contributed by atoms with E-state index in [-0.39, 0.29) is 0 Å². The summed E-state index contributed by atoms with van der Waals surface area (Å²) in [5, 5.41) is 0. The van der Waals surface area contributed by atoms with Crippen molar-refractivity contribution in [2.45, 2.75) is 19.3 Å². The Labute approximate surface area is 84.4 Å². The van der Waals surface area contributed by atoms with Crippen molar-refractivity contribution in [1.29, 1.82) is 0 Å². The fourth-order valence-corrected chi connectivity index (χ4v) is 1.68. The fraction of sp³-hybridized carbons (Fsp3) is 0.231. The largest absolute Gasteiger partial charge is 0.464 e. The van der Waals surface area contributed by atoms with Crippen molar-refractivity contribution in [1.82, 2.24) is 0 Å². The zero-order chi connectivity index (χ0) is 9.80. The summed E-state index contributed by atoms with van der Waals surface area (Å²) in [7, 11) is 0. The molecule has 71 valence electrons. The summed E-state index contributed by atoms with van der Waals surface area (Å²) in [6.07, 6.45) is 6.56. The minimum Gasteiger partial charge on any atom is -0.464 e. The van der Waals surface area contributed by atoms with Gasteiger partial charge in [-0.15, -0.1) is 0 Å². The average Bonchev–Trinajstić information content (AvgIpc) is 2.63. The third kappa shape index (κ3) is 1.72. The van der Waals surface area contributed by atoms with Gasteiger partial charge in [0.2, 0.25) is 0 Å². The van der Waals surface area contributed by atoms with Crippen LogP contribution < -0.4 is 0 Å². The van der Waals surface area contributed by atoms with Crippen LogP contribution in [-0.4, -0.2) is 0 Å². The molecule has 1 heterocycles. The van der Waals surface area contributed by atoms with E-state index in [4.69, 9.17) is 11.0 Å². The first-order chi connectivity index (χ1) is 6.92. The first-order valence-electron chi connectivity index (χ1n) is 4.90. The highest BCUT2D eigenvalue weighted by Gasteiger charge is 2.09. The highest BCUT2D eigenvalue weighted by atomic mass is 16.3. The van der Waals surface area contributed by atoms with E-state index in [0.29, 0.717) is 0 Å². The van der Waals surface area contributed by atoms with Crippen LogP contribution in [0, 0.1) is 6.58 Å². The molecule has 0 bridgehead atoms. The summed E-state index contributed by atoms with van der Waals surface area (Å²) >= 11 is 0. The number of fused-ring (bicyclic) bond motifs is 1. The van der Waals surface area contributed by atoms with E-state index >= 15 is 0 Å². The fourth-order valence-electron chi connectivity index (χ4n) is 1.68. The quantitative estimate of drug-likeness (QED) is 0.662. The minimum atomic E-state index is 0.969. The Hall–Kier alpha value is -1.50. The van der Waals surface area contributed by atoms with Gasteiger partial charge in [-0.1, -0.05) is 18.7 Å². The predicted molar refractivity (Wildman–Crippen MR) is 57.1 cm³/mol. The van der Waals surface area contributed by atoms with Gasteiger partial charge in [0.25, 0.3) is 0 Å². The number of rotatable bonds is 4. The topological polar surface area (TPSA) is 13.1 Å². The molecule has 2 rings (SSSR count). The smallest absolute Gasteiger partial charge is 0.134 e. The lowest BCUT2D eigenvalue weighted by Crippen LogP contribution is -1.84. The molecule has 2 aliphatic rings. The van der Waals surface area contributed by atoms with Crippen LogP contribution in [0.2, 0.25) is 0 Å². The van der Waals surface area contributed by atoms with Crippen LogP contribution in [0.15, 0.2) is 41.0 Å². The van der Waals surface area contributed by atoms with Crippen LogP contribution in [0.5, 0.6) is 0 Å². The van der Waals surface area contributed by atoms with E-state index in [2.05, 4.69) is 12.1 Å². The van der Waals surface area contributed by atoms with E-state index in [1.807, 2.05) is 12.1 Å². The molecule has 0 amide bonds. The molecular formula is C13H13O. The summed E-state index contributed by atoms with van der Waals surface area (Å²) in [6.45, 7) is 5.34. The first kappa shape index (κ1) is 9.07. The molecule has 0 N–H and O–H groups in total. The van der Waals surface area contributed by atoms with Crippen LogP contribution in [0.25, 0.3) is 11.3 Å². The number of hydrogen-bond acceptors (Lipinski definition) is 1. The van der Waals surface area contributed by atoms with Crippen LogP contribution in [-0.2, 0) is 6.42 Å². The van der Waals surface area contributed by atoms with Gasteiger partial charge in [0.05, 0.1) is 6.26 Å². The third-order valence-corrected chi connectivity index (χ3v) is 2.40. The Balaban J connectivity index is 2.14. The van der Waals surface area contributed by atoms with Crippen molar-refractivity contribution < 1.29 is 4.42 Å². The molecule has 1 heteroatoms. The summed E-state index contributed by atoms with van der Waals surface area (Å²) in [4.78, 5) is 0. The standard InChI is InChI=1S/C13H13O/c1-2-3-4-6-11-8-9-13-12(11)7-5-10-14-13/h1-2,5,7-10H,3-4,6H2. The van der Waals surface area contributed by atoms with Gasteiger partial charge in [0.15, 0.2) is 0 Å². The van der Waals surface area contributed by atoms with Gasteiger partial charge < -0.3 is 4.42 Å². The van der Waals surface area contributed by atoms with Crippen molar-refractivity contribution in [3.05, 3.63) is 48.7 Å². The number of hydrogen-bond donors (Lipinski definition) is 0. The van der Waals surface area contributed by atoms with Crippen LogP contribution in [0.1, 0.15) is 18.4 Å². The second kappa shape index (κ2) is 4.14. The predicted octanol–water partition coefficient (Wildman–Crippen LogP) is 3.70. The van der Waals surface area contributed by atoms with E-state index in [0.717, 1.165) is 25.0 Å². The zero-order valence-electron chi connectivity index (χ0n) is 8.07. The molecule has 1 nitrogen and oxygen atoms in total. The second-order valence-electron chi connectivity index (χ2n) is 3.38. The van der Waals surface area contributed by atoms with E-state index in [9.17, 15) is 0 Å². The Morgan fingerprint density at radius 2 is 2.21 bits per heavy atom. The zero-order valence-corrected chi connectivity index (χ0v) is 8.07. The molecule has 0 saturated carbocycles. The third-order valence-electron chi connectivity index (χ3n) is 2.40. The summed E-state index contributed by atoms with van der Waals surface area (Å²) in [5.74, 6) is 0.972. The van der Waals surface area contributed by atoms with Crippen molar-refractivity contribution in [3.8, 4) is 11.3 Å². The molecule has 1 aliphatic carbocycles. The number of aryl methyl sites for hydroxylation is 1. The molecule has 0 atom stereocenters. The van der Waals surface area contributed by atoms with Crippen molar-refractivity contribution in [2.75, 3.05) is 0 Å². The van der Waals surface area contributed by atoms with Gasteiger partial charge in [-0.3, -0.25) is 0 Å². The Kier molecular flexibility index (Phi) is 2.68. The van der Waals surface area contributed by atoms with Crippen molar-refractivity contribution in [2.24, 2.45) is 0 Å². The summed E-state index contributed by atoms with van der Waals surface area (Å²) in [5.41, 5.74) is 2.58. The lowest BCUT2D eigenvalue weighted by Gasteiger charge is -2.01. The molecule has 0 fully saturated rings. The molecule has 0 aromatic carbocycles. The maximum atomic E-state index is 5.37. The number of unbranched alkanes of at least 4 members (excludes halogenated alkanes) is 1. The van der Waals surface area contributed by atoms with Crippen LogP contribution in [0.4, 0.5) is 0 Å². The molecule has 0 unspecified atom stereocenters. The lowest BCUT2D eigenvalue weighted by atomic mass is 10.1. The molecule has 0 aromatic heterocycles. The summed E-state index contributed by atoms with van der Waals surface area (Å²) < 4.78 is 5.37. The minimum absolute atomic E-state index is 0.969. The average molecular weight is 185 g/mol. The SMILES string of the molecule is [CH]=CCCCc1ccc2occcc1-2. The Morgan fingerprint density at radius 3 is 3.07 bits per heavy atom. The van der Waals surface area contributed by atoms with Crippen molar-refractivity contribution in [3.63, 3.8) is 0 Å².